The van der Waals surface area contributed by atoms with Gasteiger partial charge in [0.15, 0.2) is 11.5 Å². The molecule has 4 rings (SSSR count). The molecule has 0 aliphatic carbocycles. The van der Waals surface area contributed by atoms with Crippen LogP contribution in [0.3, 0.4) is 0 Å². The molecule has 0 saturated heterocycles. The van der Waals surface area contributed by atoms with E-state index >= 15 is 0 Å². The Kier molecular flexibility index (Phi) is 7.74. The van der Waals surface area contributed by atoms with Crippen molar-refractivity contribution >= 4 is 23.2 Å². The smallest absolute Gasteiger partial charge is 0.161 e. The van der Waals surface area contributed by atoms with Crippen LogP contribution >= 0.6 is 7.26 Å². The first kappa shape index (κ1) is 22.9. The average Bonchev–Trinajstić information content (AvgIpc) is 2.84. The summed E-state index contributed by atoms with van der Waals surface area (Å²) in [6.07, 6.45) is 0.908. The van der Waals surface area contributed by atoms with Crippen LogP contribution in [0.25, 0.3) is 0 Å². The van der Waals surface area contributed by atoms with Crippen LogP contribution in [0.1, 0.15) is 5.56 Å². The van der Waals surface area contributed by atoms with Crippen LogP contribution in [-0.4, -0.2) is 14.2 Å². The Labute approximate surface area is 191 Å². The van der Waals surface area contributed by atoms with Crippen molar-refractivity contribution in [2.24, 2.45) is 0 Å². The first-order valence-corrected chi connectivity index (χ1v) is 12.0. The average molecular weight is 449 g/mol. The summed E-state index contributed by atoms with van der Waals surface area (Å²) in [5.74, 6) is 1.52. The lowest BCUT2D eigenvalue weighted by Gasteiger charge is -2.28. The molecule has 0 amide bonds. The summed E-state index contributed by atoms with van der Waals surface area (Å²) in [6.45, 7) is 0. The number of hydrogen-bond acceptors (Lipinski definition) is 2. The van der Waals surface area contributed by atoms with Crippen LogP contribution in [0.5, 0.6) is 11.5 Å². The van der Waals surface area contributed by atoms with Gasteiger partial charge >= 0.3 is 0 Å². The molecule has 2 nitrogen and oxygen atoms in total. The van der Waals surface area contributed by atoms with Gasteiger partial charge in [-0.3, -0.25) is 0 Å². The maximum atomic E-state index is 5.60. The third kappa shape index (κ3) is 4.61. The maximum Gasteiger partial charge on any atom is 0.161 e. The number of halogens is 1. The van der Waals surface area contributed by atoms with Gasteiger partial charge in [-0.05, 0) is 54.1 Å². The molecule has 31 heavy (non-hydrogen) atoms. The Morgan fingerprint density at radius 3 is 1.35 bits per heavy atom. The van der Waals surface area contributed by atoms with Gasteiger partial charge in [0.1, 0.15) is 23.2 Å². The van der Waals surface area contributed by atoms with Crippen molar-refractivity contribution in [3.63, 3.8) is 0 Å². The molecule has 0 radical (unpaired) electrons. The Morgan fingerprint density at radius 2 is 0.968 bits per heavy atom. The zero-order chi connectivity index (χ0) is 20.8. The molecule has 0 unspecified atom stereocenters. The minimum atomic E-state index is -1.93. The second-order valence-electron chi connectivity index (χ2n) is 7.16. The van der Waals surface area contributed by atoms with Crippen LogP contribution in [0.15, 0.2) is 109 Å². The van der Waals surface area contributed by atoms with Crippen molar-refractivity contribution in [1.29, 1.82) is 0 Å². The van der Waals surface area contributed by atoms with Gasteiger partial charge in [0.05, 0.1) is 20.4 Å². The lowest BCUT2D eigenvalue weighted by molar-refractivity contribution is -0.00000642. The molecule has 158 valence electrons. The maximum absolute atomic E-state index is 5.60. The molecule has 0 saturated carbocycles. The molecular formula is C27H26ClO2P. The Morgan fingerprint density at radius 1 is 0.548 bits per heavy atom. The third-order valence-electron chi connectivity index (χ3n) is 5.46. The highest BCUT2D eigenvalue weighted by Gasteiger charge is 2.45. The highest BCUT2D eigenvalue weighted by atomic mass is 35.5. The van der Waals surface area contributed by atoms with Crippen LogP contribution in [-0.2, 0) is 6.16 Å². The molecule has 4 heteroatoms. The summed E-state index contributed by atoms with van der Waals surface area (Å²) in [6, 6.07) is 39.0. The van der Waals surface area contributed by atoms with Crippen LogP contribution < -0.4 is 37.8 Å². The van der Waals surface area contributed by atoms with Gasteiger partial charge in [-0.1, -0.05) is 60.7 Å². The van der Waals surface area contributed by atoms with Crippen molar-refractivity contribution < 1.29 is 21.9 Å². The summed E-state index contributed by atoms with van der Waals surface area (Å²) < 4.78 is 11.1. The lowest BCUT2D eigenvalue weighted by atomic mass is 10.2. The Bertz CT molecular complexity index is 989. The molecule has 4 aromatic carbocycles. The monoisotopic (exact) mass is 448 g/mol. The van der Waals surface area contributed by atoms with Gasteiger partial charge in [0.25, 0.3) is 0 Å². The minimum absolute atomic E-state index is 0. The summed E-state index contributed by atoms with van der Waals surface area (Å²) >= 11 is 0. The van der Waals surface area contributed by atoms with Crippen molar-refractivity contribution in [3.05, 3.63) is 115 Å². The number of hydrogen-bond donors (Lipinski definition) is 0. The van der Waals surface area contributed by atoms with E-state index < -0.39 is 7.26 Å². The second kappa shape index (κ2) is 10.5. The molecule has 0 N–H and O–H groups in total. The van der Waals surface area contributed by atoms with Crippen molar-refractivity contribution in [1.82, 2.24) is 0 Å². The van der Waals surface area contributed by atoms with E-state index in [2.05, 4.69) is 103 Å². The van der Waals surface area contributed by atoms with Crippen molar-refractivity contribution in [2.75, 3.05) is 14.2 Å². The zero-order valence-corrected chi connectivity index (χ0v) is 19.4. The fourth-order valence-corrected chi connectivity index (χ4v) is 8.25. The fraction of sp³-hybridized carbons (Fsp3) is 0.111. The van der Waals surface area contributed by atoms with Gasteiger partial charge in [-0.15, -0.1) is 0 Å². The molecule has 4 aromatic rings. The van der Waals surface area contributed by atoms with Crippen LogP contribution in [0.4, 0.5) is 0 Å². The highest BCUT2D eigenvalue weighted by molar-refractivity contribution is 7.95. The predicted octanol–water partition coefficient (Wildman–Crippen LogP) is 2.20. The van der Waals surface area contributed by atoms with Gasteiger partial charge in [-0.2, -0.15) is 0 Å². The van der Waals surface area contributed by atoms with E-state index in [1.165, 1.54) is 21.5 Å². The van der Waals surface area contributed by atoms with Gasteiger partial charge < -0.3 is 21.9 Å². The predicted molar refractivity (Wildman–Crippen MR) is 128 cm³/mol. The number of ether oxygens (including phenoxy) is 2. The SMILES string of the molecule is COc1ccc(C[P+](c2ccccc2)(c2ccccc2)c2ccccc2)cc1OC.[Cl-]. The lowest BCUT2D eigenvalue weighted by Crippen LogP contribution is -3.00. The van der Waals surface area contributed by atoms with Gasteiger partial charge in [0.2, 0.25) is 0 Å². The second-order valence-corrected chi connectivity index (χ2v) is 10.6. The van der Waals surface area contributed by atoms with Crippen molar-refractivity contribution in [3.8, 4) is 11.5 Å². The summed E-state index contributed by atoms with van der Waals surface area (Å²) in [7, 11) is 1.44. The van der Waals surface area contributed by atoms with E-state index in [0.717, 1.165) is 17.7 Å². The van der Waals surface area contributed by atoms with E-state index in [0.29, 0.717) is 0 Å². The molecule has 0 atom stereocenters. The Balaban J connectivity index is 0.00000272. The summed E-state index contributed by atoms with van der Waals surface area (Å²) in [4.78, 5) is 0. The molecule has 0 spiro atoms. The highest BCUT2D eigenvalue weighted by Crippen LogP contribution is 2.58. The van der Waals surface area contributed by atoms with E-state index in [4.69, 9.17) is 9.47 Å². The van der Waals surface area contributed by atoms with E-state index in [9.17, 15) is 0 Å². The van der Waals surface area contributed by atoms with Crippen LogP contribution in [0.2, 0.25) is 0 Å². The van der Waals surface area contributed by atoms with E-state index in [1.54, 1.807) is 14.2 Å². The first-order valence-electron chi connectivity index (χ1n) is 10.0. The topological polar surface area (TPSA) is 18.5 Å². The van der Waals surface area contributed by atoms with Gasteiger partial charge in [0, 0.05) is 0 Å². The number of methoxy groups -OCH3 is 2. The van der Waals surface area contributed by atoms with E-state index in [-0.39, 0.29) is 12.4 Å². The third-order valence-corrected chi connectivity index (χ3v) is 9.84. The molecule has 0 bridgehead atoms. The quantitative estimate of drug-likeness (QED) is 0.404. The standard InChI is InChI=1S/C27H26O2P.ClH/c1-28-26-19-18-22(20-27(26)29-2)21-30(23-12-6-3-7-13-23,24-14-8-4-9-15-24)25-16-10-5-11-17-25;/h3-20H,21H2,1-2H3;1H/q+1;/p-1. The van der Waals surface area contributed by atoms with Gasteiger partial charge in [-0.25, -0.2) is 0 Å². The Hall–Kier alpha value is -2.80. The fourth-order valence-electron chi connectivity index (χ4n) is 4.02. The molecule has 0 aliphatic rings. The molecular weight excluding hydrogens is 423 g/mol. The summed E-state index contributed by atoms with van der Waals surface area (Å²) in [5.41, 5.74) is 1.23. The molecule has 0 aliphatic heterocycles. The largest absolute Gasteiger partial charge is 1.00 e. The number of benzene rings is 4. The van der Waals surface area contributed by atoms with Crippen LogP contribution in [0, 0.1) is 0 Å². The minimum Gasteiger partial charge on any atom is -1.00 e. The van der Waals surface area contributed by atoms with Crippen molar-refractivity contribution in [2.45, 2.75) is 6.16 Å². The zero-order valence-electron chi connectivity index (χ0n) is 17.7. The number of rotatable bonds is 7. The first-order chi connectivity index (χ1) is 14.8. The summed E-state index contributed by atoms with van der Waals surface area (Å²) in [5, 5.41) is 4.12. The molecule has 0 heterocycles. The molecule has 0 fully saturated rings. The normalized spacial score (nSPS) is 10.8. The molecule has 0 aromatic heterocycles. The van der Waals surface area contributed by atoms with E-state index in [1.807, 2.05) is 6.07 Å².